The van der Waals surface area contributed by atoms with Crippen LogP contribution in [0.15, 0.2) is 0 Å². The molecule has 5 nitrogen and oxygen atoms in total. The minimum atomic E-state index is 0.356. The molecule has 0 aliphatic carbocycles. The van der Waals surface area contributed by atoms with Gasteiger partial charge in [0.2, 0.25) is 0 Å². The van der Waals surface area contributed by atoms with Crippen LogP contribution in [0.4, 0.5) is 0 Å². The minimum absolute atomic E-state index is 0.356. The standard InChI is InChI=1S/5C11H24O/c1-3-4-5-6-7-8-9-11(2)10-12;1-3-5-6-7-8-9-11(4-2)10-12;1-3-5-6-7-9-11(10-12)8-4-2;1-3-5-7-9-11(10-12)8-6-4-2;1-2-3-4-5-6-7-8-9-10-11-12/h4*11-12H,3-10H2,1-2H3;12H,2-11H2,1H3. The van der Waals surface area contributed by atoms with Crippen LogP contribution in [0.3, 0.4) is 0 Å². The minimum Gasteiger partial charge on any atom is -0.396 e. The van der Waals surface area contributed by atoms with Crippen LogP contribution < -0.4 is 0 Å². The summed E-state index contributed by atoms with van der Waals surface area (Å²) in [4.78, 5) is 0. The summed E-state index contributed by atoms with van der Waals surface area (Å²) in [7, 11) is 0. The van der Waals surface area contributed by atoms with Crippen molar-refractivity contribution in [2.24, 2.45) is 23.7 Å². The summed E-state index contributed by atoms with van der Waals surface area (Å²) in [6.45, 7) is 21.8. The van der Waals surface area contributed by atoms with Gasteiger partial charge in [0.15, 0.2) is 0 Å². The summed E-state index contributed by atoms with van der Waals surface area (Å²) < 4.78 is 0. The van der Waals surface area contributed by atoms with Crippen LogP contribution in [0.25, 0.3) is 0 Å². The topological polar surface area (TPSA) is 101 Å². The van der Waals surface area contributed by atoms with Crippen molar-refractivity contribution in [1.29, 1.82) is 0 Å². The fraction of sp³-hybridized carbons (Fsp3) is 1.00. The molecule has 5 N–H and O–H groups in total. The van der Waals surface area contributed by atoms with Crippen molar-refractivity contribution in [2.45, 2.75) is 300 Å². The maximum atomic E-state index is 9.05. The van der Waals surface area contributed by atoms with E-state index in [-0.39, 0.29) is 0 Å². The van der Waals surface area contributed by atoms with Crippen molar-refractivity contribution >= 4 is 0 Å². The Balaban J connectivity index is -0.000000210. The van der Waals surface area contributed by atoms with E-state index in [1.54, 1.807) is 0 Å². The third-order valence-electron chi connectivity index (χ3n) is 12.0. The smallest absolute Gasteiger partial charge is 0.0459 e. The molecule has 0 aromatic carbocycles. The molecule has 4 unspecified atom stereocenters. The Bertz CT molecular complexity index is 632. The number of aliphatic hydroxyl groups is 5. The molecule has 0 radical (unpaired) electrons. The van der Waals surface area contributed by atoms with Gasteiger partial charge < -0.3 is 25.5 Å². The van der Waals surface area contributed by atoms with E-state index in [0.717, 1.165) is 12.8 Å². The van der Waals surface area contributed by atoms with Gasteiger partial charge in [0.1, 0.15) is 0 Å². The summed E-state index contributed by atoms with van der Waals surface area (Å²) in [5, 5.41) is 44.3. The van der Waals surface area contributed by atoms with Gasteiger partial charge in [-0.15, -0.1) is 0 Å². The number of rotatable bonds is 41. The average molecular weight is 862 g/mol. The predicted octanol–water partition coefficient (Wildman–Crippen LogP) is 17.0. The lowest BCUT2D eigenvalue weighted by molar-refractivity contribution is 0.205. The Morgan fingerprint density at radius 3 is 0.883 bits per heavy atom. The van der Waals surface area contributed by atoms with Crippen molar-refractivity contribution in [1.82, 2.24) is 0 Å². The zero-order chi connectivity index (χ0) is 46.0. The molecular formula is C55H120O5. The summed E-state index contributed by atoms with van der Waals surface area (Å²) >= 11 is 0. The lowest BCUT2D eigenvalue weighted by atomic mass is 9.96. The number of aliphatic hydroxyl groups excluding tert-OH is 5. The largest absolute Gasteiger partial charge is 0.396 e. The molecule has 4 atom stereocenters. The SMILES string of the molecule is CCCCCC(CO)CCCC.CCCCCCC(CO)CCC.CCCCCCCC(CC)CO.CCCCCCCCC(C)CO.CCCCCCCCCCCO. The van der Waals surface area contributed by atoms with Crippen LogP contribution in [0.5, 0.6) is 0 Å². The lowest BCUT2D eigenvalue weighted by Gasteiger charge is -2.12. The van der Waals surface area contributed by atoms with Crippen molar-refractivity contribution in [3.8, 4) is 0 Å². The van der Waals surface area contributed by atoms with Crippen molar-refractivity contribution < 1.29 is 25.5 Å². The maximum absolute atomic E-state index is 9.05. The van der Waals surface area contributed by atoms with E-state index in [2.05, 4.69) is 62.3 Å². The molecule has 0 spiro atoms. The molecule has 370 valence electrons. The molecule has 0 aliphatic heterocycles. The van der Waals surface area contributed by atoms with E-state index in [4.69, 9.17) is 25.5 Å². The molecule has 0 aromatic rings. The van der Waals surface area contributed by atoms with Gasteiger partial charge in [0, 0.05) is 33.0 Å². The summed E-state index contributed by atoms with van der Waals surface area (Å²) in [6, 6.07) is 0. The molecule has 0 aromatic heterocycles. The molecule has 60 heavy (non-hydrogen) atoms. The van der Waals surface area contributed by atoms with Crippen molar-refractivity contribution in [2.75, 3.05) is 33.0 Å². The van der Waals surface area contributed by atoms with Gasteiger partial charge in [-0.25, -0.2) is 0 Å². The highest BCUT2D eigenvalue weighted by Crippen LogP contribution is 2.17. The zero-order valence-corrected chi connectivity index (χ0v) is 43.2. The highest BCUT2D eigenvalue weighted by Gasteiger charge is 2.06. The molecule has 0 heterocycles. The van der Waals surface area contributed by atoms with Gasteiger partial charge in [0.05, 0.1) is 0 Å². The van der Waals surface area contributed by atoms with Crippen LogP contribution in [0.1, 0.15) is 300 Å². The Morgan fingerprint density at radius 1 is 0.250 bits per heavy atom. The fourth-order valence-electron chi connectivity index (χ4n) is 7.35. The van der Waals surface area contributed by atoms with Crippen molar-refractivity contribution in [3.05, 3.63) is 0 Å². The molecule has 0 rings (SSSR count). The van der Waals surface area contributed by atoms with Gasteiger partial charge in [-0.3, -0.25) is 0 Å². The monoisotopic (exact) mass is 861 g/mol. The van der Waals surface area contributed by atoms with E-state index in [1.165, 1.54) is 225 Å². The van der Waals surface area contributed by atoms with Gasteiger partial charge in [-0.2, -0.15) is 0 Å². The first-order valence-corrected chi connectivity index (χ1v) is 27.3. The molecule has 0 aliphatic rings. The maximum Gasteiger partial charge on any atom is 0.0459 e. The van der Waals surface area contributed by atoms with Crippen LogP contribution in [0, 0.1) is 23.7 Å². The second-order valence-electron chi connectivity index (χ2n) is 18.4. The first kappa shape index (κ1) is 68.8. The molecule has 0 amide bonds. The molecule has 0 saturated carbocycles. The van der Waals surface area contributed by atoms with E-state index < -0.39 is 0 Å². The van der Waals surface area contributed by atoms with Gasteiger partial charge in [-0.1, -0.05) is 255 Å². The van der Waals surface area contributed by atoms with Gasteiger partial charge in [0.25, 0.3) is 0 Å². The molecule has 0 saturated heterocycles. The van der Waals surface area contributed by atoms with Crippen LogP contribution in [0.2, 0.25) is 0 Å². The third kappa shape index (κ3) is 69.5. The lowest BCUT2D eigenvalue weighted by Crippen LogP contribution is -2.05. The number of hydrogen-bond acceptors (Lipinski definition) is 5. The first-order chi connectivity index (χ1) is 29.3. The van der Waals surface area contributed by atoms with Crippen molar-refractivity contribution in [3.63, 3.8) is 0 Å². The Kier molecular flexibility index (Phi) is 77.9. The Hall–Kier alpha value is -0.200. The summed E-state index contributed by atoms with van der Waals surface area (Å²) in [5.41, 5.74) is 0. The molecule has 0 fully saturated rings. The second kappa shape index (κ2) is 67.9. The highest BCUT2D eigenvalue weighted by atomic mass is 16.3. The Morgan fingerprint density at radius 2 is 0.533 bits per heavy atom. The van der Waals surface area contributed by atoms with E-state index in [1.807, 2.05) is 0 Å². The normalized spacial score (nSPS) is 12.7. The van der Waals surface area contributed by atoms with Crippen LogP contribution >= 0.6 is 0 Å². The molecule has 0 bridgehead atoms. The fourth-order valence-corrected chi connectivity index (χ4v) is 7.35. The molecular weight excluding hydrogens is 741 g/mol. The molecule has 5 heteroatoms. The van der Waals surface area contributed by atoms with Crippen LogP contribution in [-0.4, -0.2) is 58.6 Å². The van der Waals surface area contributed by atoms with E-state index >= 15 is 0 Å². The van der Waals surface area contributed by atoms with Gasteiger partial charge in [-0.05, 0) is 68.6 Å². The summed E-state index contributed by atoms with van der Waals surface area (Å²) in [5.74, 6) is 2.23. The quantitative estimate of drug-likeness (QED) is 0.0394. The predicted molar refractivity (Wildman–Crippen MR) is 271 cm³/mol. The first-order valence-electron chi connectivity index (χ1n) is 27.3. The second-order valence-corrected chi connectivity index (χ2v) is 18.4. The number of hydrogen-bond donors (Lipinski definition) is 5. The average Bonchev–Trinajstić information content (AvgIpc) is 3.27. The number of unbranched alkanes of at least 4 members (excludes halogenated alkanes) is 23. The Labute approximate surface area is 380 Å². The van der Waals surface area contributed by atoms with Gasteiger partial charge >= 0.3 is 0 Å². The van der Waals surface area contributed by atoms with E-state index in [9.17, 15) is 0 Å². The summed E-state index contributed by atoms with van der Waals surface area (Å²) in [6.07, 6.45) is 48.0. The van der Waals surface area contributed by atoms with Crippen LogP contribution in [-0.2, 0) is 0 Å². The highest BCUT2D eigenvalue weighted by molar-refractivity contribution is 4.59. The third-order valence-corrected chi connectivity index (χ3v) is 12.0. The van der Waals surface area contributed by atoms with E-state index in [0.29, 0.717) is 56.7 Å². The zero-order valence-electron chi connectivity index (χ0n) is 43.2.